The molecule has 114 valence electrons. The van der Waals surface area contributed by atoms with Crippen LogP contribution in [0.25, 0.3) is 0 Å². The van der Waals surface area contributed by atoms with Gasteiger partial charge >= 0.3 is 0 Å². The van der Waals surface area contributed by atoms with E-state index in [1.807, 2.05) is 0 Å². The van der Waals surface area contributed by atoms with E-state index in [1.54, 1.807) is 0 Å². The lowest BCUT2D eigenvalue weighted by Gasteiger charge is -2.09. The Balaban J connectivity index is 2.61. The number of benzene rings is 1. The van der Waals surface area contributed by atoms with Crippen LogP contribution in [0.15, 0.2) is 17.0 Å². The summed E-state index contributed by atoms with van der Waals surface area (Å²) in [5.41, 5.74) is 5.40. The number of hydrogen-bond donors (Lipinski definition) is 3. The van der Waals surface area contributed by atoms with Crippen molar-refractivity contribution in [3.8, 4) is 0 Å². The van der Waals surface area contributed by atoms with Crippen molar-refractivity contribution >= 4 is 15.7 Å². The summed E-state index contributed by atoms with van der Waals surface area (Å²) in [6.07, 6.45) is 0.467. The zero-order valence-corrected chi connectivity index (χ0v) is 12.0. The molecule has 4 N–H and O–H groups in total. The SMILES string of the molecule is Cc1cc(S(=O)(=O)NCCCOCCO)cc(N)c1F. The number of aliphatic hydroxyl groups is 1. The summed E-state index contributed by atoms with van der Waals surface area (Å²) < 4.78 is 44.7. The van der Waals surface area contributed by atoms with Crippen LogP contribution in [-0.4, -0.2) is 39.9 Å². The quantitative estimate of drug-likeness (QED) is 0.476. The molecule has 8 heteroatoms. The first-order chi connectivity index (χ1) is 9.38. The number of aliphatic hydroxyl groups excluding tert-OH is 1. The molecule has 0 fully saturated rings. The van der Waals surface area contributed by atoms with Gasteiger partial charge in [-0.3, -0.25) is 0 Å². The Hall–Kier alpha value is -1.22. The smallest absolute Gasteiger partial charge is 0.240 e. The Morgan fingerprint density at radius 2 is 2.10 bits per heavy atom. The molecule has 0 atom stereocenters. The number of aryl methyl sites for hydroxylation is 1. The standard InChI is InChI=1S/C12H19FN2O4S/c1-9-7-10(8-11(14)12(9)13)20(17,18)15-3-2-5-19-6-4-16/h7-8,15-16H,2-6,14H2,1H3. The van der Waals surface area contributed by atoms with Gasteiger partial charge in [-0.1, -0.05) is 0 Å². The fourth-order valence-electron chi connectivity index (χ4n) is 1.55. The molecule has 0 aliphatic heterocycles. The number of hydrogen-bond acceptors (Lipinski definition) is 5. The first-order valence-corrected chi connectivity index (χ1v) is 7.60. The predicted molar refractivity (Wildman–Crippen MR) is 73.3 cm³/mol. The lowest BCUT2D eigenvalue weighted by molar-refractivity contribution is 0.0913. The minimum Gasteiger partial charge on any atom is -0.396 e. The zero-order chi connectivity index (χ0) is 15.2. The van der Waals surface area contributed by atoms with E-state index >= 15 is 0 Å². The van der Waals surface area contributed by atoms with Gasteiger partial charge in [0.2, 0.25) is 10.0 Å². The van der Waals surface area contributed by atoms with Crippen molar-refractivity contribution < 1.29 is 22.7 Å². The lowest BCUT2D eigenvalue weighted by Crippen LogP contribution is -2.26. The molecule has 6 nitrogen and oxygen atoms in total. The summed E-state index contributed by atoms with van der Waals surface area (Å²) in [7, 11) is -3.72. The lowest BCUT2D eigenvalue weighted by atomic mass is 10.2. The number of ether oxygens (including phenoxy) is 1. The van der Waals surface area contributed by atoms with Gasteiger partial charge in [-0.15, -0.1) is 0 Å². The third-order valence-corrected chi connectivity index (χ3v) is 4.00. The van der Waals surface area contributed by atoms with Crippen LogP contribution in [0.5, 0.6) is 0 Å². The minimum absolute atomic E-state index is 0.0647. The van der Waals surface area contributed by atoms with E-state index in [4.69, 9.17) is 15.6 Å². The summed E-state index contributed by atoms with van der Waals surface area (Å²) in [4.78, 5) is -0.0647. The predicted octanol–water partition coefficient (Wildman–Crippen LogP) is 0.394. The molecule has 0 bridgehead atoms. The molecule has 1 aromatic rings. The highest BCUT2D eigenvalue weighted by molar-refractivity contribution is 7.89. The Labute approximate surface area is 117 Å². The fraction of sp³-hybridized carbons (Fsp3) is 0.500. The highest BCUT2D eigenvalue weighted by Crippen LogP contribution is 2.20. The average Bonchev–Trinajstić information content (AvgIpc) is 2.39. The summed E-state index contributed by atoms with van der Waals surface area (Å²) in [6, 6.07) is 2.32. The Kier molecular flexibility index (Phi) is 6.34. The van der Waals surface area contributed by atoms with E-state index in [9.17, 15) is 12.8 Å². The van der Waals surface area contributed by atoms with Gasteiger partial charge in [-0.05, 0) is 31.0 Å². The van der Waals surface area contributed by atoms with E-state index in [1.165, 1.54) is 13.0 Å². The number of halogens is 1. The number of nitrogens with two attached hydrogens (primary N) is 1. The average molecular weight is 306 g/mol. The number of nitrogens with one attached hydrogen (secondary N) is 1. The molecular formula is C12H19FN2O4S. The van der Waals surface area contributed by atoms with E-state index < -0.39 is 15.8 Å². The molecule has 0 spiro atoms. The monoisotopic (exact) mass is 306 g/mol. The molecular weight excluding hydrogens is 287 g/mol. The van der Waals surface area contributed by atoms with Crippen LogP contribution < -0.4 is 10.5 Å². The van der Waals surface area contributed by atoms with Crippen LogP contribution >= 0.6 is 0 Å². The summed E-state index contributed by atoms with van der Waals surface area (Å²) in [5, 5.41) is 8.50. The second-order valence-electron chi connectivity index (χ2n) is 4.23. The van der Waals surface area contributed by atoms with Crippen LogP contribution in [-0.2, 0) is 14.8 Å². The first-order valence-electron chi connectivity index (χ1n) is 6.12. The number of nitrogen functional groups attached to an aromatic ring is 1. The molecule has 0 unspecified atom stereocenters. The molecule has 20 heavy (non-hydrogen) atoms. The van der Waals surface area contributed by atoms with Gasteiger partial charge in [0.25, 0.3) is 0 Å². The maximum absolute atomic E-state index is 13.3. The fourth-order valence-corrected chi connectivity index (χ4v) is 2.74. The van der Waals surface area contributed by atoms with E-state index in [2.05, 4.69) is 4.72 Å². The Morgan fingerprint density at radius 3 is 2.70 bits per heavy atom. The first kappa shape index (κ1) is 16.8. The third kappa shape index (κ3) is 4.71. The zero-order valence-electron chi connectivity index (χ0n) is 11.2. The summed E-state index contributed by atoms with van der Waals surface area (Å²) in [5.74, 6) is -0.610. The number of anilines is 1. The van der Waals surface area contributed by atoms with Crippen molar-refractivity contribution in [3.63, 3.8) is 0 Å². The topological polar surface area (TPSA) is 102 Å². The maximum Gasteiger partial charge on any atom is 0.240 e. The van der Waals surface area contributed by atoms with Gasteiger partial charge in [0.15, 0.2) is 0 Å². The van der Waals surface area contributed by atoms with Crippen molar-refractivity contribution in [1.29, 1.82) is 0 Å². The van der Waals surface area contributed by atoms with E-state index in [0.29, 0.717) is 13.0 Å². The number of sulfonamides is 1. The van der Waals surface area contributed by atoms with E-state index in [0.717, 1.165) is 6.07 Å². The van der Waals surface area contributed by atoms with Crippen molar-refractivity contribution in [3.05, 3.63) is 23.5 Å². The van der Waals surface area contributed by atoms with Crippen molar-refractivity contribution in [1.82, 2.24) is 4.72 Å². The highest BCUT2D eigenvalue weighted by atomic mass is 32.2. The molecule has 0 heterocycles. The van der Waals surface area contributed by atoms with Gasteiger partial charge in [0, 0.05) is 13.2 Å². The van der Waals surface area contributed by atoms with Gasteiger partial charge in [0.1, 0.15) is 5.82 Å². The third-order valence-electron chi connectivity index (χ3n) is 2.56. The summed E-state index contributed by atoms with van der Waals surface area (Å²) >= 11 is 0. The van der Waals surface area contributed by atoms with Crippen LogP contribution in [0.4, 0.5) is 10.1 Å². The van der Waals surface area contributed by atoms with Gasteiger partial charge in [-0.2, -0.15) is 0 Å². The molecule has 1 rings (SSSR count). The van der Waals surface area contributed by atoms with Crippen LogP contribution in [0.2, 0.25) is 0 Å². The van der Waals surface area contributed by atoms with Crippen molar-refractivity contribution in [2.45, 2.75) is 18.2 Å². The second-order valence-corrected chi connectivity index (χ2v) is 6.00. The highest BCUT2D eigenvalue weighted by Gasteiger charge is 2.16. The van der Waals surface area contributed by atoms with Crippen molar-refractivity contribution in [2.75, 3.05) is 32.1 Å². The molecule has 0 aromatic heterocycles. The van der Waals surface area contributed by atoms with Gasteiger partial charge in [-0.25, -0.2) is 17.5 Å². The Bertz CT molecular complexity index is 525. The maximum atomic E-state index is 13.3. The molecule has 0 saturated heterocycles. The minimum atomic E-state index is -3.72. The molecule has 0 saturated carbocycles. The molecule has 0 radical (unpaired) electrons. The molecule has 0 aliphatic carbocycles. The molecule has 0 amide bonds. The Morgan fingerprint density at radius 1 is 1.40 bits per heavy atom. The largest absolute Gasteiger partial charge is 0.396 e. The van der Waals surface area contributed by atoms with Gasteiger partial charge in [0.05, 0.1) is 23.8 Å². The molecule has 1 aromatic carbocycles. The molecule has 0 aliphatic rings. The van der Waals surface area contributed by atoms with Crippen molar-refractivity contribution in [2.24, 2.45) is 0 Å². The van der Waals surface area contributed by atoms with Crippen LogP contribution in [0.1, 0.15) is 12.0 Å². The normalized spacial score (nSPS) is 11.8. The van der Waals surface area contributed by atoms with Gasteiger partial charge < -0.3 is 15.6 Å². The second kappa shape index (κ2) is 7.53. The van der Waals surface area contributed by atoms with Crippen LogP contribution in [0.3, 0.4) is 0 Å². The van der Waals surface area contributed by atoms with Crippen LogP contribution in [0, 0.1) is 12.7 Å². The van der Waals surface area contributed by atoms with E-state index in [-0.39, 0.29) is 35.9 Å². The number of rotatable bonds is 8. The summed E-state index contributed by atoms with van der Waals surface area (Å²) in [6.45, 7) is 2.13.